The van der Waals surface area contributed by atoms with E-state index in [0.717, 1.165) is 39.5 Å². The Morgan fingerprint density at radius 1 is 0.844 bits per heavy atom. The quantitative estimate of drug-likeness (QED) is 0.413. The minimum absolute atomic E-state index is 0.202. The number of nitrogens with zero attached hydrogens (tertiary/aromatic N) is 2. The molecule has 5 nitrogen and oxygen atoms in total. The van der Waals surface area contributed by atoms with E-state index < -0.39 is 6.10 Å². The molecule has 1 heterocycles. The van der Waals surface area contributed by atoms with Crippen LogP contribution in [0, 0.1) is 27.7 Å². The molecular weight excluding hydrogens is 400 g/mol. The monoisotopic (exact) mass is 430 g/mol. The number of benzene rings is 3. The van der Waals surface area contributed by atoms with Crippen LogP contribution in [-0.2, 0) is 13.2 Å². The first-order valence-electron chi connectivity index (χ1n) is 10.9. The number of aliphatic hydroxyl groups is 1. The number of hydrogen-bond acceptors (Lipinski definition) is 4. The largest absolute Gasteiger partial charge is 0.491 e. The number of para-hydroxylation sites is 2. The molecule has 0 amide bonds. The molecule has 0 spiro atoms. The second-order valence-electron chi connectivity index (χ2n) is 8.42. The van der Waals surface area contributed by atoms with E-state index in [1.807, 2.05) is 66.9 Å². The summed E-state index contributed by atoms with van der Waals surface area (Å²) < 4.78 is 14.0. The molecular formula is C27H30N2O3. The summed E-state index contributed by atoms with van der Waals surface area (Å²) in [5.41, 5.74) is 6.40. The average Bonchev–Trinajstić information content (AvgIpc) is 3.10. The van der Waals surface area contributed by atoms with E-state index in [1.54, 1.807) is 0 Å². The lowest BCUT2D eigenvalue weighted by Crippen LogP contribution is -2.25. The summed E-state index contributed by atoms with van der Waals surface area (Å²) in [5.74, 6) is 2.41. The minimum atomic E-state index is -0.687. The molecule has 1 N–H and O–H groups in total. The third-order valence-corrected chi connectivity index (χ3v) is 5.58. The third-order valence-electron chi connectivity index (χ3n) is 5.58. The third kappa shape index (κ3) is 4.94. The Hall–Kier alpha value is -3.31. The van der Waals surface area contributed by atoms with Gasteiger partial charge < -0.3 is 19.1 Å². The molecule has 0 aliphatic carbocycles. The summed E-state index contributed by atoms with van der Waals surface area (Å²) in [6.07, 6.45) is -0.687. The van der Waals surface area contributed by atoms with Gasteiger partial charge in [-0.25, -0.2) is 4.98 Å². The lowest BCUT2D eigenvalue weighted by molar-refractivity contribution is 0.0914. The summed E-state index contributed by atoms with van der Waals surface area (Å²) >= 11 is 0. The van der Waals surface area contributed by atoms with Gasteiger partial charge in [-0.05, 0) is 63.1 Å². The Kier molecular flexibility index (Phi) is 6.47. The van der Waals surface area contributed by atoms with E-state index in [9.17, 15) is 5.11 Å². The molecule has 4 aromatic rings. The molecule has 0 radical (unpaired) electrons. The van der Waals surface area contributed by atoms with Crippen LogP contribution in [-0.4, -0.2) is 27.4 Å². The fraction of sp³-hybridized carbons (Fsp3) is 0.296. The zero-order valence-electron chi connectivity index (χ0n) is 19.1. The number of rotatable bonds is 8. The maximum atomic E-state index is 10.8. The molecule has 1 atom stereocenters. The lowest BCUT2D eigenvalue weighted by atomic mass is 10.1. The van der Waals surface area contributed by atoms with Gasteiger partial charge >= 0.3 is 0 Å². The van der Waals surface area contributed by atoms with E-state index in [-0.39, 0.29) is 6.61 Å². The van der Waals surface area contributed by atoms with Gasteiger partial charge in [-0.2, -0.15) is 0 Å². The zero-order chi connectivity index (χ0) is 22.7. The maximum Gasteiger partial charge on any atom is 0.148 e. The van der Waals surface area contributed by atoms with Crippen molar-refractivity contribution in [3.05, 3.63) is 88.7 Å². The van der Waals surface area contributed by atoms with Gasteiger partial charge in [-0.1, -0.05) is 47.5 Å². The van der Waals surface area contributed by atoms with Crippen LogP contribution in [0.15, 0.2) is 60.7 Å². The standard InChI is InChI=1S/C27H30N2O3/c1-18-9-11-25(20(3)13-18)31-16-22(30)15-29-24-8-6-5-7-23(24)28-27(29)17-32-26-12-10-19(2)14-21(26)4/h5-14,22,30H,15-17H2,1-4H3. The van der Waals surface area contributed by atoms with Crippen LogP contribution >= 0.6 is 0 Å². The van der Waals surface area contributed by atoms with Crippen molar-refractivity contribution >= 4 is 11.0 Å². The molecule has 0 saturated carbocycles. The molecule has 32 heavy (non-hydrogen) atoms. The number of aliphatic hydroxyl groups excluding tert-OH is 1. The van der Waals surface area contributed by atoms with Crippen molar-refractivity contribution in [2.24, 2.45) is 0 Å². The van der Waals surface area contributed by atoms with E-state index in [1.165, 1.54) is 11.1 Å². The van der Waals surface area contributed by atoms with Gasteiger partial charge in [-0.3, -0.25) is 0 Å². The highest BCUT2D eigenvalue weighted by atomic mass is 16.5. The second-order valence-corrected chi connectivity index (χ2v) is 8.42. The molecule has 3 aromatic carbocycles. The summed E-state index contributed by atoms with van der Waals surface area (Å²) in [4.78, 5) is 4.76. The zero-order valence-corrected chi connectivity index (χ0v) is 19.1. The van der Waals surface area contributed by atoms with Crippen molar-refractivity contribution < 1.29 is 14.6 Å². The predicted molar refractivity (Wildman–Crippen MR) is 127 cm³/mol. The number of hydrogen-bond donors (Lipinski definition) is 1. The first-order valence-corrected chi connectivity index (χ1v) is 10.9. The van der Waals surface area contributed by atoms with Crippen molar-refractivity contribution in [1.29, 1.82) is 0 Å². The molecule has 0 saturated heterocycles. The number of imidazole rings is 1. The van der Waals surface area contributed by atoms with Crippen LogP contribution in [0.25, 0.3) is 11.0 Å². The Labute approximate surface area is 189 Å². The van der Waals surface area contributed by atoms with Crippen LogP contribution in [0.5, 0.6) is 11.5 Å². The van der Waals surface area contributed by atoms with Gasteiger partial charge in [0.05, 0.1) is 17.6 Å². The Balaban J connectivity index is 1.50. The average molecular weight is 431 g/mol. The molecule has 5 heteroatoms. The fourth-order valence-electron chi connectivity index (χ4n) is 3.95. The van der Waals surface area contributed by atoms with Gasteiger partial charge in [0.1, 0.15) is 36.6 Å². The SMILES string of the molecule is Cc1ccc(OCc2nc3ccccc3n2CC(O)COc2ccc(C)cc2C)c(C)c1. The van der Waals surface area contributed by atoms with Gasteiger partial charge in [0, 0.05) is 0 Å². The number of aromatic nitrogens is 2. The van der Waals surface area contributed by atoms with Gasteiger partial charge in [-0.15, -0.1) is 0 Å². The first kappa shape index (κ1) is 21.9. The van der Waals surface area contributed by atoms with Gasteiger partial charge in [0.2, 0.25) is 0 Å². The topological polar surface area (TPSA) is 56.5 Å². The van der Waals surface area contributed by atoms with Crippen molar-refractivity contribution in [3.8, 4) is 11.5 Å². The maximum absolute atomic E-state index is 10.8. The van der Waals surface area contributed by atoms with Crippen LogP contribution in [0.4, 0.5) is 0 Å². The fourth-order valence-corrected chi connectivity index (χ4v) is 3.95. The summed E-state index contributed by atoms with van der Waals surface area (Å²) in [6, 6.07) is 20.1. The van der Waals surface area contributed by atoms with E-state index in [0.29, 0.717) is 13.2 Å². The number of aryl methyl sites for hydroxylation is 4. The summed E-state index contributed by atoms with van der Waals surface area (Å²) in [6.45, 7) is 9.07. The molecule has 4 rings (SSSR count). The number of ether oxygens (including phenoxy) is 2. The van der Waals surface area contributed by atoms with Crippen molar-refractivity contribution in [3.63, 3.8) is 0 Å². The summed E-state index contributed by atoms with van der Waals surface area (Å²) in [5, 5.41) is 10.8. The number of fused-ring (bicyclic) bond motifs is 1. The Morgan fingerprint density at radius 2 is 1.47 bits per heavy atom. The molecule has 1 unspecified atom stereocenters. The molecule has 1 aromatic heterocycles. The van der Waals surface area contributed by atoms with Crippen LogP contribution in [0.3, 0.4) is 0 Å². The van der Waals surface area contributed by atoms with Gasteiger partial charge in [0.15, 0.2) is 0 Å². The normalized spacial score (nSPS) is 12.2. The van der Waals surface area contributed by atoms with Crippen molar-refractivity contribution in [2.45, 2.75) is 47.0 Å². The summed E-state index contributed by atoms with van der Waals surface area (Å²) in [7, 11) is 0. The van der Waals surface area contributed by atoms with Crippen LogP contribution < -0.4 is 9.47 Å². The Bertz CT molecular complexity index is 1230. The first-order chi connectivity index (χ1) is 15.4. The van der Waals surface area contributed by atoms with Crippen LogP contribution in [0.1, 0.15) is 28.1 Å². The molecule has 0 fully saturated rings. The van der Waals surface area contributed by atoms with E-state index >= 15 is 0 Å². The highest BCUT2D eigenvalue weighted by molar-refractivity contribution is 5.75. The van der Waals surface area contributed by atoms with Crippen molar-refractivity contribution in [2.75, 3.05) is 6.61 Å². The van der Waals surface area contributed by atoms with E-state index in [2.05, 4.69) is 26.0 Å². The van der Waals surface area contributed by atoms with Crippen LogP contribution in [0.2, 0.25) is 0 Å². The predicted octanol–water partition coefficient (Wildman–Crippen LogP) is 5.29. The minimum Gasteiger partial charge on any atom is -0.491 e. The van der Waals surface area contributed by atoms with Gasteiger partial charge in [0.25, 0.3) is 0 Å². The lowest BCUT2D eigenvalue weighted by Gasteiger charge is -2.17. The molecule has 0 bridgehead atoms. The van der Waals surface area contributed by atoms with E-state index in [4.69, 9.17) is 14.5 Å². The Morgan fingerprint density at radius 3 is 2.12 bits per heavy atom. The highest BCUT2D eigenvalue weighted by Gasteiger charge is 2.16. The second kappa shape index (κ2) is 9.45. The highest BCUT2D eigenvalue weighted by Crippen LogP contribution is 2.23. The van der Waals surface area contributed by atoms with Crippen molar-refractivity contribution in [1.82, 2.24) is 9.55 Å². The molecule has 0 aliphatic heterocycles. The smallest absolute Gasteiger partial charge is 0.148 e. The molecule has 0 aliphatic rings. The molecule has 166 valence electrons.